The number of nitrogens with zero attached hydrogens (tertiary/aromatic N) is 2. The normalized spacial score (nSPS) is 18.3. The summed E-state index contributed by atoms with van der Waals surface area (Å²) >= 11 is 0. The van der Waals surface area contributed by atoms with E-state index < -0.39 is 0 Å². The highest BCUT2D eigenvalue weighted by atomic mass is 16.5. The van der Waals surface area contributed by atoms with Gasteiger partial charge in [0.15, 0.2) is 17.6 Å². The highest BCUT2D eigenvalue weighted by Crippen LogP contribution is 2.48. The lowest BCUT2D eigenvalue weighted by Crippen LogP contribution is -2.16. The molecule has 4 rings (SSSR count). The fourth-order valence-corrected chi connectivity index (χ4v) is 2.97. The maximum atomic E-state index is 6.25. The molecule has 0 spiro atoms. The Balaban J connectivity index is 1.82. The smallest absolute Gasteiger partial charge is 0.170 e. The summed E-state index contributed by atoms with van der Waals surface area (Å²) in [7, 11) is 3.30. The molecular formula is C18H16N2O3. The van der Waals surface area contributed by atoms with E-state index in [9.17, 15) is 0 Å². The van der Waals surface area contributed by atoms with E-state index in [4.69, 9.17) is 14.2 Å². The van der Waals surface area contributed by atoms with Gasteiger partial charge in [-0.05, 0) is 23.8 Å². The Bertz CT molecular complexity index is 810. The zero-order valence-corrected chi connectivity index (χ0v) is 12.9. The molecule has 1 atom stereocenters. The van der Waals surface area contributed by atoms with Gasteiger partial charge in [-0.3, -0.25) is 0 Å². The number of para-hydroxylation sites is 1. The van der Waals surface area contributed by atoms with Crippen LogP contribution in [0.1, 0.15) is 17.2 Å². The van der Waals surface area contributed by atoms with Crippen LogP contribution in [-0.2, 0) is 0 Å². The topological polar surface area (TPSA) is 52.4 Å². The molecule has 0 bridgehead atoms. The first-order valence-electron chi connectivity index (χ1n) is 7.40. The molecule has 2 aliphatic rings. The molecule has 116 valence electrons. The van der Waals surface area contributed by atoms with E-state index in [1.54, 1.807) is 14.2 Å². The van der Waals surface area contributed by atoms with E-state index in [1.807, 2.05) is 42.5 Å². The summed E-state index contributed by atoms with van der Waals surface area (Å²) in [6.45, 7) is 0.575. The second-order valence-corrected chi connectivity index (χ2v) is 5.37. The van der Waals surface area contributed by atoms with Crippen LogP contribution in [0.3, 0.4) is 0 Å². The molecule has 5 nitrogen and oxygen atoms in total. The second kappa shape index (κ2) is 5.43. The Hall–Kier alpha value is -2.82. The van der Waals surface area contributed by atoms with Gasteiger partial charge in [-0.25, -0.2) is 0 Å². The standard InChI is InChI=1S/C18H16N2O3/c1-21-12-8-6-11(7-9-12)17-16-14(10-19-20-16)13-4-3-5-15(22-2)18(13)23-17/h3-9,17H,10H2,1-2H3. The summed E-state index contributed by atoms with van der Waals surface area (Å²) in [5.41, 5.74) is 3.99. The number of rotatable bonds is 3. The van der Waals surface area contributed by atoms with Crippen LogP contribution in [0.2, 0.25) is 0 Å². The fourth-order valence-electron chi connectivity index (χ4n) is 2.97. The van der Waals surface area contributed by atoms with Gasteiger partial charge in [0.1, 0.15) is 11.4 Å². The maximum absolute atomic E-state index is 6.25. The summed E-state index contributed by atoms with van der Waals surface area (Å²) in [5.74, 6) is 2.28. The zero-order valence-electron chi connectivity index (χ0n) is 12.9. The van der Waals surface area contributed by atoms with Crippen LogP contribution in [-0.4, -0.2) is 20.8 Å². The molecule has 0 amide bonds. The van der Waals surface area contributed by atoms with Gasteiger partial charge in [-0.1, -0.05) is 24.3 Å². The van der Waals surface area contributed by atoms with Gasteiger partial charge < -0.3 is 14.2 Å². The Morgan fingerprint density at radius 3 is 2.61 bits per heavy atom. The van der Waals surface area contributed by atoms with Crippen molar-refractivity contribution in [3.8, 4) is 17.2 Å². The molecule has 2 aliphatic heterocycles. The van der Waals surface area contributed by atoms with Crippen LogP contribution in [0.4, 0.5) is 0 Å². The Morgan fingerprint density at radius 2 is 1.87 bits per heavy atom. The van der Waals surface area contributed by atoms with E-state index in [0.29, 0.717) is 6.54 Å². The molecule has 0 aliphatic carbocycles. The first-order valence-corrected chi connectivity index (χ1v) is 7.40. The van der Waals surface area contributed by atoms with Gasteiger partial charge >= 0.3 is 0 Å². The van der Waals surface area contributed by atoms with E-state index >= 15 is 0 Å². The lowest BCUT2D eigenvalue weighted by Gasteiger charge is -2.27. The van der Waals surface area contributed by atoms with E-state index in [1.165, 1.54) is 0 Å². The molecule has 1 unspecified atom stereocenters. The second-order valence-electron chi connectivity index (χ2n) is 5.37. The minimum Gasteiger partial charge on any atom is -0.497 e. The zero-order chi connectivity index (χ0) is 15.8. The van der Waals surface area contributed by atoms with Crippen molar-refractivity contribution < 1.29 is 14.2 Å². The number of hydrogen-bond acceptors (Lipinski definition) is 5. The summed E-state index contributed by atoms with van der Waals surface area (Å²) in [6, 6.07) is 13.7. The van der Waals surface area contributed by atoms with Crippen molar-refractivity contribution >= 4 is 5.57 Å². The Morgan fingerprint density at radius 1 is 1.04 bits per heavy atom. The predicted molar refractivity (Wildman–Crippen MR) is 86.0 cm³/mol. The number of fused-ring (bicyclic) bond motifs is 2. The minimum absolute atomic E-state index is 0.286. The molecule has 0 saturated heterocycles. The predicted octanol–water partition coefficient (Wildman–Crippen LogP) is 4.01. The monoisotopic (exact) mass is 308 g/mol. The highest BCUT2D eigenvalue weighted by Gasteiger charge is 2.34. The van der Waals surface area contributed by atoms with E-state index in [2.05, 4.69) is 10.2 Å². The van der Waals surface area contributed by atoms with Gasteiger partial charge in [0, 0.05) is 11.1 Å². The fraction of sp³-hybridized carbons (Fsp3) is 0.222. The lowest BCUT2D eigenvalue weighted by atomic mass is 9.94. The molecule has 0 fully saturated rings. The van der Waals surface area contributed by atoms with Crippen molar-refractivity contribution in [3.05, 3.63) is 59.3 Å². The number of hydrogen-bond donors (Lipinski definition) is 0. The molecule has 2 aromatic rings. The molecule has 2 aromatic carbocycles. The van der Waals surface area contributed by atoms with Crippen molar-refractivity contribution in [2.75, 3.05) is 20.8 Å². The molecule has 0 radical (unpaired) electrons. The van der Waals surface area contributed by atoms with Gasteiger partial charge in [-0.15, -0.1) is 0 Å². The number of azo groups is 1. The molecule has 0 aromatic heterocycles. The summed E-state index contributed by atoms with van der Waals surface area (Å²) in [4.78, 5) is 0. The Labute approximate surface area is 134 Å². The van der Waals surface area contributed by atoms with Crippen LogP contribution in [0, 0.1) is 0 Å². The first-order chi connectivity index (χ1) is 11.3. The molecule has 0 N–H and O–H groups in total. The number of methoxy groups -OCH3 is 2. The lowest BCUT2D eigenvalue weighted by molar-refractivity contribution is 0.224. The van der Waals surface area contributed by atoms with Crippen LogP contribution in [0.5, 0.6) is 17.2 Å². The molecule has 2 heterocycles. The summed E-state index contributed by atoms with van der Waals surface area (Å²) in [5, 5.41) is 8.52. The van der Waals surface area contributed by atoms with Crippen LogP contribution < -0.4 is 14.2 Å². The van der Waals surface area contributed by atoms with Crippen molar-refractivity contribution in [2.24, 2.45) is 10.2 Å². The molecule has 5 heteroatoms. The third-order valence-electron chi connectivity index (χ3n) is 4.14. The van der Waals surface area contributed by atoms with Gasteiger partial charge in [0.05, 0.1) is 20.8 Å². The quantitative estimate of drug-likeness (QED) is 0.860. The van der Waals surface area contributed by atoms with Crippen LogP contribution >= 0.6 is 0 Å². The molecule has 0 saturated carbocycles. The highest BCUT2D eigenvalue weighted by molar-refractivity contribution is 5.80. The third kappa shape index (κ3) is 2.16. The van der Waals surface area contributed by atoms with Gasteiger partial charge in [0.25, 0.3) is 0 Å². The van der Waals surface area contributed by atoms with Crippen molar-refractivity contribution in [3.63, 3.8) is 0 Å². The SMILES string of the molecule is COc1ccc(C2Oc3c(OC)cccc3C3=C2N=NC3)cc1. The number of benzene rings is 2. The molecular weight excluding hydrogens is 292 g/mol. The Kier molecular flexibility index (Phi) is 3.26. The van der Waals surface area contributed by atoms with Crippen molar-refractivity contribution in [2.45, 2.75) is 6.10 Å². The summed E-state index contributed by atoms with van der Waals surface area (Å²) in [6.07, 6.45) is -0.286. The van der Waals surface area contributed by atoms with Gasteiger partial charge in [0.2, 0.25) is 0 Å². The maximum Gasteiger partial charge on any atom is 0.170 e. The van der Waals surface area contributed by atoms with Crippen molar-refractivity contribution in [1.82, 2.24) is 0 Å². The van der Waals surface area contributed by atoms with Crippen molar-refractivity contribution in [1.29, 1.82) is 0 Å². The van der Waals surface area contributed by atoms with Gasteiger partial charge in [-0.2, -0.15) is 10.2 Å². The molecule has 23 heavy (non-hydrogen) atoms. The number of ether oxygens (including phenoxy) is 3. The van der Waals surface area contributed by atoms with E-state index in [0.717, 1.165) is 39.6 Å². The minimum atomic E-state index is -0.286. The largest absolute Gasteiger partial charge is 0.497 e. The summed E-state index contributed by atoms with van der Waals surface area (Å²) < 4.78 is 16.9. The average Bonchev–Trinajstić information content (AvgIpc) is 3.10. The third-order valence-corrected chi connectivity index (χ3v) is 4.14. The van der Waals surface area contributed by atoms with Crippen LogP contribution in [0.15, 0.2) is 58.4 Å². The van der Waals surface area contributed by atoms with Crippen LogP contribution in [0.25, 0.3) is 5.57 Å². The van der Waals surface area contributed by atoms with E-state index in [-0.39, 0.29) is 6.10 Å². The first kappa shape index (κ1) is 13.8. The average molecular weight is 308 g/mol.